The lowest BCUT2D eigenvalue weighted by Crippen LogP contribution is -2.31. The van der Waals surface area contributed by atoms with Crippen LogP contribution in [0, 0.1) is 0 Å². The van der Waals surface area contributed by atoms with Crippen molar-refractivity contribution in [2.75, 3.05) is 11.3 Å². The van der Waals surface area contributed by atoms with Crippen molar-refractivity contribution in [1.82, 2.24) is 4.90 Å². The van der Waals surface area contributed by atoms with E-state index in [1.54, 1.807) is 6.07 Å². The molecule has 5 nitrogen and oxygen atoms in total. The third-order valence-electron chi connectivity index (χ3n) is 3.12. The summed E-state index contributed by atoms with van der Waals surface area (Å²) in [5.74, 6) is 0. The molecule has 1 heterocycles. The summed E-state index contributed by atoms with van der Waals surface area (Å²) in [5.41, 5.74) is -5.29. The van der Waals surface area contributed by atoms with Gasteiger partial charge in [0, 0.05) is 17.8 Å². The van der Waals surface area contributed by atoms with Gasteiger partial charge in [-0.05, 0) is 25.5 Å². The first-order chi connectivity index (χ1) is 10.4. The summed E-state index contributed by atoms with van der Waals surface area (Å²) in [5, 5.41) is -0.191. The number of carbonyl (C=O) groups is 1. The molecule has 0 unspecified atom stereocenters. The highest BCUT2D eigenvalue weighted by molar-refractivity contribution is 8.15. The average molecular weight is 368 g/mol. The molecule has 1 saturated heterocycles. The van der Waals surface area contributed by atoms with Crippen molar-refractivity contribution in [3.05, 3.63) is 29.8 Å². The van der Waals surface area contributed by atoms with Gasteiger partial charge in [-0.15, -0.1) is 0 Å². The highest BCUT2D eigenvalue weighted by Gasteiger charge is 2.46. The Balaban J connectivity index is 2.24. The molecule has 1 aromatic carbocycles. The minimum atomic E-state index is -5.50. The third kappa shape index (κ3) is 4.11. The van der Waals surface area contributed by atoms with Crippen LogP contribution in [0.2, 0.25) is 0 Å². The Kier molecular flexibility index (Phi) is 4.60. The van der Waals surface area contributed by atoms with Gasteiger partial charge in [0.2, 0.25) is 0 Å². The van der Waals surface area contributed by atoms with Crippen LogP contribution in [0.1, 0.15) is 19.4 Å². The maximum absolute atomic E-state index is 12.5. The smallest absolute Gasteiger partial charge is 0.328 e. The van der Waals surface area contributed by atoms with Crippen LogP contribution in [-0.4, -0.2) is 35.4 Å². The SMILES string of the molecule is CC1(C)CN(Cc2ccccc2NS(=O)(=O)C(F)(F)F)C(=O)S1. The molecule has 0 aliphatic carbocycles. The number of carbonyl (C=O) groups excluding carboxylic acids is 1. The molecule has 128 valence electrons. The molecule has 0 atom stereocenters. The Morgan fingerprint density at radius 3 is 2.43 bits per heavy atom. The van der Waals surface area contributed by atoms with E-state index in [-0.39, 0.29) is 22.2 Å². The number of thioether (sulfide) groups is 1. The normalized spacial score (nSPS) is 18.3. The van der Waals surface area contributed by atoms with Crippen molar-refractivity contribution in [1.29, 1.82) is 0 Å². The van der Waals surface area contributed by atoms with Gasteiger partial charge in [0.15, 0.2) is 0 Å². The third-order valence-corrected chi connectivity index (χ3v) is 5.33. The lowest BCUT2D eigenvalue weighted by atomic mass is 10.1. The fourth-order valence-electron chi connectivity index (χ4n) is 2.14. The van der Waals surface area contributed by atoms with E-state index in [1.165, 1.54) is 27.8 Å². The second-order valence-corrected chi connectivity index (χ2v) is 9.02. The first-order valence-corrected chi connectivity index (χ1v) is 8.86. The van der Waals surface area contributed by atoms with E-state index >= 15 is 0 Å². The monoisotopic (exact) mass is 368 g/mol. The Labute approximate surface area is 136 Å². The summed E-state index contributed by atoms with van der Waals surface area (Å²) in [6.45, 7) is 4.23. The minimum Gasteiger partial charge on any atom is -0.328 e. The zero-order valence-electron chi connectivity index (χ0n) is 12.3. The first-order valence-electron chi connectivity index (χ1n) is 6.56. The molecule has 0 aromatic heterocycles. The fourth-order valence-corrected chi connectivity index (χ4v) is 3.70. The van der Waals surface area contributed by atoms with Crippen molar-refractivity contribution in [3.8, 4) is 0 Å². The average Bonchev–Trinajstić information content (AvgIpc) is 2.63. The minimum absolute atomic E-state index is 0.0335. The fraction of sp³-hybridized carbons (Fsp3) is 0.462. The van der Waals surface area contributed by atoms with E-state index in [0.29, 0.717) is 12.1 Å². The predicted molar refractivity (Wildman–Crippen MR) is 82.5 cm³/mol. The molecular formula is C13H15F3N2O3S2. The van der Waals surface area contributed by atoms with Gasteiger partial charge in [0.1, 0.15) is 0 Å². The summed E-state index contributed by atoms with van der Waals surface area (Å²) < 4.78 is 61.3. The summed E-state index contributed by atoms with van der Waals surface area (Å²) in [6.07, 6.45) is 0. The van der Waals surface area contributed by atoms with E-state index in [4.69, 9.17) is 0 Å². The molecule has 1 amide bonds. The first kappa shape index (κ1) is 17.9. The molecule has 10 heteroatoms. The maximum atomic E-state index is 12.5. The summed E-state index contributed by atoms with van der Waals surface area (Å²) in [4.78, 5) is 13.4. The number of halogens is 3. The predicted octanol–water partition coefficient (Wildman–Crippen LogP) is 3.40. The second kappa shape index (κ2) is 5.90. The number of nitrogens with one attached hydrogen (secondary N) is 1. The van der Waals surface area contributed by atoms with Gasteiger partial charge in [-0.3, -0.25) is 9.52 Å². The van der Waals surface area contributed by atoms with Gasteiger partial charge in [0.25, 0.3) is 5.24 Å². The number of hydrogen-bond donors (Lipinski definition) is 1. The lowest BCUT2D eigenvalue weighted by molar-refractivity contribution is -0.0429. The van der Waals surface area contributed by atoms with Crippen LogP contribution in [-0.2, 0) is 16.6 Å². The molecule has 1 aliphatic rings. The van der Waals surface area contributed by atoms with Gasteiger partial charge in [-0.2, -0.15) is 21.6 Å². The van der Waals surface area contributed by atoms with Crippen molar-refractivity contribution in [2.24, 2.45) is 0 Å². The van der Waals surface area contributed by atoms with Crippen LogP contribution in [0.25, 0.3) is 0 Å². The summed E-state index contributed by atoms with van der Waals surface area (Å²) in [6, 6.07) is 5.71. The molecule has 1 fully saturated rings. The molecule has 1 aromatic rings. The Morgan fingerprint density at radius 1 is 1.30 bits per heavy atom. The molecule has 1 N–H and O–H groups in total. The lowest BCUT2D eigenvalue weighted by Gasteiger charge is -2.20. The molecule has 23 heavy (non-hydrogen) atoms. The second-order valence-electron chi connectivity index (χ2n) is 5.69. The van der Waals surface area contributed by atoms with Crippen molar-refractivity contribution in [3.63, 3.8) is 0 Å². The Morgan fingerprint density at radius 2 is 1.91 bits per heavy atom. The van der Waals surface area contributed by atoms with Crippen LogP contribution >= 0.6 is 11.8 Å². The van der Waals surface area contributed by atoms with Gasteiger partial charge < -0.3 is 4.90 Å². The number of benzene rings is 1. The van der Waals surface area contributed by atoms with Crippen molar-refractivity contribution < 1.29 is 26.4 Å². The number of hydrogen-bond acceptors (Lipinski definition) is 4. The van der Waals surface area contributed by atoms with Crippen LogP contribution in [0.3, 0.4) is 0 Å². The molecule has 0 bridgehead atoms. The molecule has 0 radical (unpaired) electrons. The topological polar surface area (TPSA) is 66.5 Å². The van der Waals surface area contributed by atoms with Crippen LogP contribution in [0.5, 0.6) is 0 Å². The van der Waals surface area contributed by atoms with Gasteiger partial charge in [-0.1, -0.05) is 30.0 Å². The van der Waals surface area contributed by atoms with Crippen molar-refractivity contribution >= 4 is 32.7 Å². The van der Waals surface area contributed by atoms with Gasteiger partial charge in [0.05, 0.1) is 5.69 Å². The highest BCUT2D eigenvalue weighted by Crippen LogP contribution is 2.37. The Bertz CT molecular complexity index is 717. The largest absolute Gasteiger partial charge is 0.516 e. The van der Waals surface area contributed by atoms with E-state index in [9.17, 15) is 26.4 Å². The highest BCUT2D eigenvalue weighted by atomic mass is 32.2. The van der Waals surface area contributed by atoms with Gasteiger partial charge in [-0.25, -0.2) is 0 Å². The zero-order chi connectivity index (χ0) is 17.5. The summed E-state index contributed by atoms with van der Waals surface area (Å²) >= 11 is 1.14. The van der Waals surface area contributed by atoms with Crippen LogP contribution in [0.4, 0.5) is 23.7 Å². The Hall–Kier alpha value is -1.42. The number of anilines is 1. The molecular weight excluding hydrogens is 353 g/mol. The zero-order valence-corrected chi connectivity index (χ0v) is 14.0. The molecule has 2 rings (SSSR count). The van der Waals surface area contributed by atoms with E-state index in [2.05, 4.69) is 0 Å². The number of para-hydroxylation sites is 1. The van der Waals surface area contributed by atoms with E-state index < -0.39 is 15.5 Å². The number of nitrogens with zero attached hydrogens (tertiary/aromatic N) is 1. The summed E-state index contributed by atoms with van der Waals surface area (Å²) in [7, 11) is -5.50. The van der Waals surface area contributed by atoms with Crippen molar-refractivity contribution in [2.45, 2.75) is 30.6 Å². The molecule has 0 spiro atoms. The van der Waals surface area contributed by atoms with Crippen LogP contribution < -0.4 is 4.72 Å². The number of sulfonamides is 1. The molecule has 1 aliphatic heterocycles. The quantitative estimate of drug-likeness (QED) is 0.885. The standard InChI is InChI=1S/C13H15F3N2O3S2/c1-12(2)8-18(11(19)22-12)7-9-5-3-4-6-10(9)17-23(20,21)13(14,15)16/h3-6,17H,7-8H2,1-2H3. The van der Waals surface area contributed by atoms with Gasteiger partial charge >= 0.3 is 15.5 Å². The van der Waals surface area contributed by atoms with E-state index in [0.717, 1.165) is 11.8 Å². The number of rotatable bonds is 4. The molecule has 0 saturated carbocycles. The van der Waals surface area contributed by atoms with Crippen LogP contribution in [0.15, 0.2) is 24.3 Å². The van der Waals surface area contributed by atoms with E-state index in [1.807, 2.05) is 13.8 Å². The number of alkyl halides is 3. The maximum Gasteiger partial charge on any atom is 0.516 e. The number of amides is 1.